The van der Waals surface area contributed by atoms with Gasteiger partial charge in [-0.25, -0.2) is 4.39 Å². The normalized spacial score (nSPS) is 10.5. The smallest absolute Gasteiger partial charge is 0.250 e. The molecule has 0 spiro atoms. The molecular weight excluding hydrogens is 447 g/mol. The summed E-state index contributed by atoms with van der Waals surface area (Å²) in [5.74, 6) is 0.0947. The molecule has 0 bridgehead atoms. The zero-order chi connectivity index (χ0) is 25.0. The van der Waals surface area contributed by atoms with E-state index < -0.39 is 5.82 Å². The molecule has 2 aromatic carbocycles. The summed E-state index contributed by atoms with van der Waals surface area (Å²) in [7, 11) is 1.76. The van der Waals surface area contributed by atoms with Gasteiger partial charge in [0.15, 0.2) is 0 Å². The summed E-state index contributed by atoms with van der Waals surface area (Å²) in [6, 6.07) is 11.4. The first-order valence-electron chi connectivity index (χ1n) is 10.4. The zero-order valence-corrected chi connectivity index (χ0v) is 20.7. The van der Waals surface area contributed by atoms with Crippen molar-refractivity contribution in [2.45, 2.75) is 46.6 Å². The lowest BCUT2D eigenvalue weighted by molar-refractivity contribution is -0.0980. The summed E-state index contributed by atoms with van der Waals surface area (Å²) < 4.78 is 19.0. The predicted octanol–water partition coefficient (Wildman–Crippen LogP) is 5.72. The van der Waals surface area contributed by atoms with Crippen molar-refractivity contribution in [3.8, 4) is 11.5 Å². The third kappa shape index (κ3) is 8.92. The molecule has 1 heterocycles. The van der Waals surface area contributed by atoms with Crippen LogP contribution in [0.2, 0.25) is 5.02 Å². The van der Waals surface area contributed by atoms with Crippen molar-refractivity contribution >= 4 is 24.1 Å². The van der Waals surface area contributed by atoms with E-state index in [4.69, 9.17) is 25.7 Å². The van der Waals surface area contributed by atoms with E-state index in [9.17, 15) is 4.39 Å². The van der Waals surface area contributed by atoms with Crippen LogP contribution in [0.15, 0.2) is 40.8 Å². The molecule has 0 saturated heterocycles. The highest BCUT2D eigenvalue weighted by atomic mass is 35.5. The van der Waals surface area contributed by atoms with Crippen LogP contribution in [0, 0.1) is 12.7 Å². The molecule has 9 heteroatoms. The second-order valence-electron chi connectivity index (χ2n) is 7.99. The van der Waals surface area contributed by atoms with Crippen LogP contribution in [-0.4, -0.2) is 30.6 Å². The average Bonchev–Trinajstić information content (AvgIpc) is 3.24. The molecule has 3 aromatic rings. The molecule has 2 N–H and O–H groups in total. The lowest BCUT2D eigenvalue weighted by Crippen LogP contribution is -2.10. The molecule has 3 rings (SSSR count). The molecular formula is C24H32ClFN4O3. The van der Waals surface area contributed by atoms with Crippen molar-refractivity contribution in [1.29, 1.82) is 0 Å². The van der Waals surface area contributed by atoms with Crippen molar-refractivity contribution in [2.24, 2.45) is 0 Å². The average molecular weight is 479 g/mol. The highest BCUT2D eigenvalue weighted by Gasteiger charge is 2.16. The second kappa shape index (κ2) is 13.7. The molecule has 0 unspecified atom stereocenters. The molecule has 1 aromatic heterocycles. The third-order valence-corrected chi connectivity index (χ3v) is 4.62. The highest BCUT2D eigenvalue weighted by Crippen LogP contribution is 2.32. The Labute approximate surface area is 199 Å². The van der Waals surface area contributed by atoms with Gasteiger partial charge in [-0.1, -0.05) is 62.2 Å². The highest BCUT2D eigenvalue weighted by molar-refractivity contribution is 6.31. The zero-order valence-electron chi connectivity index (χ0n) is 20.0. The first-order valence-corrected chi connectivity index (χ1v) is 10.7. The van der Waals surface area contributed by atoms with Gasteiger partial charge in [-0.2, -0.15) is 0 Å². The number of rotatable bonds is 6. The third-order valence-electron chi connectivity index (χ3n) is 4.33. The molecule has 0 radical (unpaired) electrons. The lowest BCUT2D eigenvalue weighted by atomic mass is 9.87. The van der Waals surface area contributed by atoms with Crippen LogP contribution in [0.25, 0.3) is 11.5 Å². The van der Waals surface area contributed by atoms with Gasteiger partial charge in [0.2, 0.25) is 11.8 Å². The Balaban J connectivity index is 0.000000354. The number of hydrogen-bond acceptors (Lipinski definition) is 7. The van der Waals surface area contributed by atoms with Crippen LogP contribution in [0.3, 0.4) is 0 Å². The number of aromatic nitrogens is 2. The second-order valence-corrected chi connectivity index (χ2v) is 8.40. The number of carbonyl (C=O) groups excluding carboxylic acids is 1. The molecule has 33 heavy (non-hydrogen) atoms. The molecule has 0 atom stereocenters. The molecule has 0 saturated carbocycles. The van der Waals surface area contributed by atoms with Crippen molar-refractivity contribution in [1.82, 2.24) is 15.5 Å². The topological polar surface area (TPSA) is 89.3 Å². The summed E-state index contributed by atoms with van der Waals surface area (Å²) in [4.78, 5) is 13.1. The Morgan fingerprint density at radius 1 is 1.15 bits per heavy atom. The molecule has 0 aliphatic heterocycles. The number of nitrogens with zero attached hydrogens (tertiary/aromatic N) is 2. The molecule has 7 nitrogen and oxygen atoms in total. The monoisotopic (exact) mass is 478 g/mol. The minimum Gasteiger partial charge on any atom is -0.419 e. The van der Waals surface area contributed by atoms with Gasteiger partial charge in [0.25, 0.3) is 0 Å². The Kier molecular flexibility index (Phi) is 11.7. The lowest BCUT2D eigenvalue weighted by Gasteiger charge is -2.18. The largest absolute Gasteiger partial charge is 0.419 e. The van der Waals surface area contributed by atoms with Gasteiger partial charge >= 0.3 is 0 Å². The summed E-state index contributed by atoms with van der Waals surface area (Å²) in [5, 5.41) is 10.6. The van der Waals surface area contributed by atoms with Crippen molar-refractivity contribution in [3.05, 3.63) is 64.3 Å². The summed E-state index contributed by atoms with van der Waals surface area (Å²) in [6.07, 6.45) is 0. The Bertz CT molecular complexity index is 988. The van der Waals surface area contributed by atoms with Crippen molar-refractivity contribution in [3.63, 3.8) is 0 Å². The minimum absolute atomic E-state index is 0.0320. The van der Waals surface area contributed by atoms with Crippen LogP contribution in [0.4, 0.5) is 10.1 Å². The van der Waals surface area contributed by atoms with Gasteiger partial charge in [0, 0.05) is 6.07 Å². The maximum absolute atomic E-state index is 13.5. The van der Waals surface area contributed by atoms with E-state index in [0.29, 0.717) is 30.3 Å². The minimum atomic E-state index is -0.562. The SMILES string of the molecule is C=O.CCONc1cc(F)c(Cl)cc1-c1nnc(CNC)o1.Cc1ccc(C(C)(C)C)cc1. The summed E-state index contributed by atoms with van der Waals surface area (Å²) >= 11 is 5.79. The molecule has 180 valence electrons. The van der Waals surface area contributed by atoms with Crippen LogP contribution in [0.1, 0.15) is 44.7 Å². The quantitative estimate of drug-likeness (QED) is 0.438. The van der Waals surface area contributed by atoms with E-state index in [-0.39, 0.29) is 16.3 Å². The molecule has 0 aliphatic carbocycles. The van der Waals surface area contributed by atoms with E-state index in [1.165, 1.54) is 23.3 Å². The maximum Gasteiger partial charge on any atom is 0.250 e. The number of nitrogens with one attached hydrogen (secondary N) is 2. The Hall–Kier alpha value is -2.81. The number of halogens is 2. The fourth-order valence-corrected chi connectivity index (χ4v) is 2.76. The fraction of sp³-hybridized carbons (Fsp3) is 0.375. The maximum atomic E-state index is 13.5. The first-order chi connectivity index (χ1) is 15.7. The van der Waals surface area contributed by atoms with Gasteiger partial charge in [-0.15, -0.1) is 10.2 Å². The first kappa shape index (κ1) is 28.2. The fourth-order valence-electron chi connectivity index (χ4n) is 2.60. The number of hydrogen-bond donors (Lipinski definition) is 2. The molecule has 0 aliphatic rings. The van der Waals surface area contributed by atoms with Crippen LogP contribution >= 0.6 is 11.6 Å². The number of carbonyl (C=O) groups is 1. The van der Waals surface area contributed by atoms with E-state index in [2.05, 4.69) is 73.0 Å². The van der Waals surface area contributed by atoms with E-state index in [0.717, 1.165) is 0 Å². The van der Waals surface area contributed by atoms with Gasteiger partial charge in [0.1, 0.15) is 12.6 Å². The number of aryl methyl sites for hydroxylation is 1. The van der Waals surface area contributed by atoms with Gasteiger partial charge in [0.05, 0.1) is 29.4 Å². The van der Waals surface area contributed by atoms with E-state index in [1.807, 2.05) is 6.79 Å². The standard InChI is InChI=1S/C12H14ClFN4O2.C11H16.CH2O/c1-3-19-18-10-5-9(14)8(13)4-7(10)12-17-16-11(20-12)6-15-2;1-9-5-7-10(8-6-9)11(2,3)4;1-2/h4-5,15,18H,3,6H2,1-2H3;5-8H,1-4H3;1H2. The van der Waals surface area contributed by atoms with Crippen molar-refractivity contribution in [2.75, 3.05) is 19.1 Å². The van der Waals surface area contributed by atoms with Gasteiger partial charge in [-0.05, 0) is 37.9 Å². The Morgan fingerprint density at radius 3 is 2.33 bits per heavy atom. The number of anilines is 1. The predicted molar refractivity (Wildman–Crippen MR) is 130 cm³/mol. The molecule has 0 amide bonds. The van der Waals surface area contributed by atoms with Crippen LogP contribution in [-0.2, 0) is 21.6 Å². The molecule has 0 fully saturated rings. The summed E-state index contributed by atoms with van der Waals surface area (Å²) in [6.45, 7) is 13.5. The summed E-state index contributed by atoms with van der Waals surface area (Å²) in [5.41, 5.74) is 6.49. The van der Waals surface area contributed by atoms with Gasteiger partial charge in [-0.3, -0.25) is 10.3 Å². The van der Waals surface area contributed by atoms with Gasteiger partial charge < -0.3 is 14.5 Å². The van der Waals surface area contributed by atoms with Crippen LogP contribution in [0.5, 0.6) is 0 Å². The number of benzene rings is 2. The van der Waals surface area contributed by atoms with E-state index >= 15 is 0 Å². The Morgan fingerprint density at radius 2 is 1.79 bits per heavy atom. The van der Waals surface area contributed by atoms with Crippen molar-refractivity contribution < 1.29 is 18.4 Å². The van der Waals surface area contributed by atoms with Crippen LogP contribution < -0.4 is 10.8 Å². The van der Waals surface area contributed by atoms with E-state index in [1.54, 1.807) is 14.0 Å².